The van der Waals surface area contributed by atoms with Gasteiger partial charge >= 0.3 is 12.1 Å². The van der Waals surface area contributed by atoms with Crippen molar-refractivity contribution in [3.05, 3.63) is 34.8 Å². The smallest absolute Gasteiger partial charge is 0.408 e. The van der Waals surface area contributed by atoms with Crippen LogP contribution in [-0.4, -0.2) is 91.0 Å². The molecule has 1 saturated carbocycles. The van der Waals surface area contributed by atoms with E-state index in [1.54, 1.807) is 46.1 Å². The Hall–Kier alpha value is -4.01. The van der Waals surface area contributed by atoms with Crippen LogP contribution in [0.3, 0.4) is 0 Å². The van der Waals surface area contributed by atoms with Gasteiger partial charge in [-0.1, -0.05) is 25.0 Å². The van der Waals surface area contributed by atoms with Gasteiger partial charge in [-0.3, -0.25) is 9.59 Å². The van der Waals surface area contributed by atoms with Gasteiger partial charge in [-0.25, -0.2) is 9.59 Å². The quantitative estimate of drug-likeness (QED) is 0.390. The average molecular weight is 703 g/mol. The lowest BCUT2D eigenvalue weighted by atomic mass is 10.0. The van der Waals surface area contributed by atoms with E-state index in [0.717, 1.165) is 19.3 Å². The minimum atomic E-state index is -1.44. The summed E-state index contributed by atoms with van der Waals surface area (Å²) in [5.41, 5.74) is -1.53. The fourth-order valence-corrected chi connectivity index (χ4v) is 6.54. The van der Waals surface area contributed by atoms with Gasteiger partial charge in [-0.2, -0.15) is 4.80 Å². The first-order valence-corrected chi connectivity index (χ1v) is 16.3. The van der Waals surface area contributed by atoms with Gasteiger partial charge in [0.1, 0.15) is 29.0 Å². The lowest BCUT2D eigenvalue weighted by Gasteiger charge is -2.30. The highest BCUT2D eigenvalue weighted by molar-refractivity contribution is 9.10. The number of nitrogens with one attached hydrogen (secondary N) is 2. The molecular formula is C31H40BrN7O7. The van der Waals surface area contributed by atoms with E-state index in [4.69, 9.17) is 9.47 Å². The molecule has 2 aliphatic heterocycles. The number of alkyl carbamates (subject to hydrolysis) is 1. The summed E-state index contributed by atoms with van der Waals surface area (Å²) in [6.07, 6.45) is 6.85. The van der Waals surface area contributed by atoms with Gasteiger partial charge in [0.2, 0.25) is 17.6 Å². The number of carbonyl (C=O) groups is 4. The summed E-state index contributed by atoms with van der Waals surface area (Å²) in [4.78, 5) is 56.0. The fraction of sp³-hybridized carbons (Fsp3) is 0.581. The molecule has 3 aliphatic rings. The van der Waals surface area contributed by atoms with Crippen molar-refractivity contribution in [2.24, 2.45) is 5.92 Å². The maximum absolute atomic E-state index is 14.2. The number of amides is 3. The van der Waals surface area contributed by atoms with Crippen molar-refractivity contribution in [3.63, 3.8) is 0 Å². The highest BCUT2D eigenvalue weighted by Gasteiger charge is 2.61. The van der Waals surface area contributed by atoms with Crippen LogP contribution in [0, 0.1) is 5.92 Å². The molecular weight excluding hydrogens is 662 g/mol. The molecule has 1 aliphatic carbocycles. The van der Waals surface area contributed by atoms with Crippen LogP contribution >= 0.6 is 15.9 Å². The molecule has 3 heterocycles. The van der Waals surface area contributed by atoms with Crippen molar-refractivity contribution < 1.29 is 33.8 Å². The van der Waals surface area contributed by atoms with Crippen LogP contribution in [0.5, 0.6) is 5.75 Å². The Kier molecular flexibility index (Phi) is 9.70. The molecule has 46 heavy (non-hydrogen) atoms. The highest BCUT2D eigenvalue weighted by Crippen LogP contribution is 2.45. The van der Waals surface area contributed by atoms with Crippen molar-refractivity contribution in [2.45, 2.75) is 95.0 Å². The van der Waals surface area contributed by atoms with Gasteiger partial charge in [0.05, 0.1) is 17.6 Å². The number of fused-ring (bicyclic) bond motifs is 2. The van der Waals surface area contributed by atoms with E-state index in [1.807, 2.05) is 12.2 Å². The first-order valence-electron chi connectivity index (χ1n) is 15.5. The monoisotopic (exact) mass is 701 g/mol. The Labute approximate surface area is 275 Å². The molecule has 0 bridgehead atoms. The van der Waals surface area contributed by atoms with E-state index >= 15 is 0 Å². The van der Waals surface area contributed by atoms with Crippen molar-refractivity contribution in [2.75, 3.05) is 13.7 Å². The number of rotatable bonds is 5. The molecule has 5 rings (SSSR count). The summed E-state index contributed by atoms with van der Waals surface area (Å²) < 4.78 is 11.5. The predicted molar refractivity (Wildman–Crippen MR) is 169 cm³/mol. The average Bonchev–Trinajstić information content (AvgIpc) is 3.31. The second kappa shape index (κ2) is 13.4. The number of hydrogen-bond acceptors (Lipinski definition) is 9. The lowest BCUT2D eigenvalue weighted by Crippen LogP contribution is -2.56. The highest BCUT2D eigenvalue weighted by atomic mass is 79.9. The van der Waals surface area contributed by atoms with Gasteiger partial charge in [-0.15, -0.1) is 10.2 Å². The summed E-state index contributed by atoms with van der Waals surface area (Å²) in [5, 5.41) is 28.6. The largest absolute Gasteiger partial charge is 0.496 e. The molecule has 1 saturated heterocycles. The first kappa shape index (κ1) is 33.4. The van der Waals surface area contributed by atoms with Crippen LogP contribution in [0.15, 0.2) is 34.8 Å². The number of allylic oxidation sites excluding steroid dienone is 1. The second-order valence-corrected chi connectivity index (χ2v) is 13.9. The molecule has 2 fully saturated rings. The molecule has 1 aromatic heterocycles. The van der Waals surface area contributed by atoms with E-state index < -0.39 is 53.1 Å². The van der Waals surface area contributed by atoms with E-state index in [2.05, 4.69) is 42.0 Å². The Morgan fingerprint density at radius 1 is 1.20 bits per heavy atom. The zero-order valence-corrected chi connectivity index (χ0v) is 27.9. The maximum Gasteiger partial charge on any atom is 0.408 e. The number of tetrazole rings is 1. The molecule has 3 amide bonds. The Bertz CT molecular complexity index is 1520. The van der Waals surface area contributed by atoms with Gasteiger partial charge in [0.25, 0.3) is 0 Å². The molecule has 5 atom stereocenters. The zero-order valence-electron chi connectivity index (χ0n) is 26.4. The van der Waals surface area contributed by atoms with Crippen molar-refractivity contribution in [1.82, 2.24) is 35.7 Å². The number of nitrogens with zero attached hydrogens (tertiary/aromatic N) is 5. The van der Waals surface area contributed by atoms with Crippen molar-refractivity contribution in [3.8, 4) is 17.1 Å². The molecule has 14 nitrogen and oxygen atoms in total. The number of halogens is 1. The van der Waals surface area contributed by atoms with Gasteiger partial charge in [0.15, 0.2) is 0 Å². The summed E-state index contributed by atoms with van der Waals surface area (Å²) >= 11 is 3.46. The molecule has 0 spiro atoms. The van der Waals surface area contributed by atoms with E-state index in [1.165, 1.54) is 9.70 Å². The normalized spacial score (nSPS) is 27.7. The topological polar surface area (TPSA) is 178 Å². The zero-order chi connectivity index (χ0) is 33.2. The van der Waals surface area contributed by atoms with Crippen LogP contribution in [0.4, 0.5) is 4.79 Å². The molecule has 3 N–H and O–H groups in total. The van der Waals surface area contributed by atoms with Gasteiger partial charge < -0.3 is 30.1 Å². The van der Waals surface area contributed by atoms with Gasteiger partial charge in [0, 0.05) is 24.4 Å². The summed E-state index contributed by atoms with van der Waals surface area (Å²) in [6.45, 7) is 5.25. The lowest BCUT2D eigenvalue weighted by molar-refractivity contribution is -0.145. The molecule has 2 aromatic rings. The Morgan fingerprint density at radius 2 is 1.98 bits per heavy atom. The van der Waals surface area contributed by atoms with Crippen LogP contribution in [0.25, 0.3) is 11.4 Å². The third kappa shape index (κ3) is 7.34. The van der Waals surface area contributed by atoms with Crippen LogP contribution in [-0.2, 0) is 19.1 Å². The maximum atomic E-state index is 14.2. The van der Waals surface area contributed by atoms with E-state index in [-0.39, 0.29) is 25.3 Å². The molecule has 1 aromatic carbocycles. The summed E-state index contributed by atoms with van der Waals surface area (Å²) in [6, 6.07) is 2.83. The number of ether oxygens (including phenoxy) is 2. The summed E-state index contributed by atoms with van der Waals surface area (Å²) in [7, 11) is 1.56. The number of hydrogen-bond donors (Lipinski definition) is 3. The third-order valence-corrected chi connectivity index (χ3v) is 9.11. The number of carboxylic acids is 1. The van der Waals surface area contributed by atoms with Crippen molar-refractivity contribution in [1.29, 1.82) is 0 Å². The molecule has 0 radical (unpaired) electrons. The molecule has 248 valence electrons. The molecule has 1 unspecified atom stereocenters. The van der Waals surface area contributed by atoms with Gasteiger partial charge in [-0.05, 0) is 85.8 Å². The number of carbonyl (C=O) groups excluding carboxylic acids is 3. The first-order chi connectivity index (χ1) is 21.8. The number of methoxy groups -OCH3 is 1. The number of aliphatic carboxylic acids is 1. The Morgan fingerprint density at radius 3 is 2.67 bits per heavy atom. The minimum Gasteiger partial charge on any atom is -0.496 e. The third-order valence-electron chi connectivity index (χ3n) is 8.49. The fourth-order valence-electron chi connectivity index (χ4n) is 6.00. The number of aromatic nitrogens is 4. The second-order valence-electron chi connectivity index (χ2n) is 13.0. The predicted octanol–water partition coefficient (Wildman–Crippen LogP) is 3.63. The number of carboxylic acid groups (broad SMARTS) is 1. The van der Waals surface area contributed by atoms with Crippen LogP contribution in [0.1, 0.15) is 71.8 Å². The minimum absolute atomic E-state index is 0.0505. The number of benzene rings is 1. The Balaban J connectivity index is 1.44. The SMILES string of the molecule is COc1ccc(-c2nnn(C3C[C@H]4C(=O)N[C@@]5(C(=O)O)C[C@@H]5/C=C\CCCCC[C@@H](NC(=O)OC(C)(C)C)C(=O)N4C3)n2)cc1Br. The molecule has 15 heteroatoms. The van der Waals surface area contributed by atoms with E-state index in [9.17, 15) is 24.3 Å². The standard InChI is InChI=1S/C31H40BrN7O7/c1-30(2,3)46-29(44)33-22-11-9-7-5-6-8-10-19-16-31(19,28(42)43)34-26(40)23-15-20(17-38(23)27(22)41)39-36-25(35-37-39)18-12-13-24(45-4)21(32)14-18/h8,10,12-14,19-20,22-23H,5-7,9,11,15-17H2,1-4H3,(H,33,44)(H,34,40)(H,42,43)/b10-8-/t19-,20?,22+,23-,31-/m0/s1. The van der Waals surface area contributed by atoms with Crippen LogP contribution < -0.4 is 15.4 Å². The van der Waals surface area contributed by atoms with Crippen molar-refractivity contribution >= 4 is 39.8 Å². The summed E-state index contributed by atoms with van der Waals surface area (Å²) in [5.74, 6) is -1.53. The van der Waals surface area contributed by atoms with Crippen LogP contribution in [0.2, 0.25) is 0 Å². The van der Waals surface area contributed by atoms with E-state index in [0.29, 0.717) is 34.5 Å².